The van der Waals surface area contributed by atoms with Crippen LogP contribution in [-0.2, 0) is 16.0 Å². The number of carbonyl (C=O) groups excluding carboxylic acids is 2. The summed E-state index contributed by atoms with van der Waals surface area (Å²) in [5.74, 6) is -2.27. The molecule has 0 unspecified atom stereocenters. The summed E-state index contributed by atoms with van der Waals surface area (Å²) in [6.07, 6.45) is -0.199. The molecule has 0 aromatic heterocycles. The second-order valence-corrected chi connectivity index (χ2v) is 5.47. The van der Waals surface area contributed by atoms with E-state index < -0.39 is 23.4 Å². The number of anilines is 1. The lowest BCUT2D eigenvalue weighted by molar-refractivity contribution is -0.124. The molecule has 2 rings (SSSR count). The van der Waals surface area contributed by atoms with Gasteiger partial charge in [-0.2, -0.15) is 0 Å². The number of nitrogens with one attached hydrogen (secondary N) is 2. The Morgan fingerprint density at radius 2 is 1.58 bits per heavy atom. The summed E-state index contributed by atoms with van der Waals surface area (Å²) < 4.78 is 26.9. The highest BCUT2D eigenvalue weighted by Gasteiger charge is 2.11. The molecule has 0 aliphatic rings. The number of carbonyl (C=O) groups is 2. The van der Waals surface area contributed by atoms with Gasteiger partial charge in [0.2, 0.25) is 11.8 Å². The summed E-state index contributed by atoms with van der Waals surface area (Å²) in [5, 5.41) is 5.53. The van der Waals surface area contributed by atoms with Gasteiger partial charge in [0, 0.05) is 22.7 Å². The van der Waals surface area contributed by atoms with E-state index in [-0.39, 0.29) is 24.9 Å². The molecule has 0 radical (unpaired) electrons. The largest absolute Gasteiger partial charge is 0.347 e. The van der Waals surface area contributed by atoms with E-state index in [0.29, 0.717) is 10.7 Å². The highest BCUT2D eigenvalue weighted by Crippen LogP contribution is 2.14. The molecule has 2 aromatic rings. The predicted octanol–water partition coefficient (Wildman–Crippen LogP) is 3.31. The van der Waals surface area contributed by atoms with Gasteiger partial charge in [0.1, 0.15) is 11.6 Å². The predicted molar refractivity (Wildman–Crippen MR) is 87.8 cm³/mol. The van der Waals surface area contributed by atoms with Crippen LogP contribution in [0.1, 0.15) is 12.0 Å². The van der Waals surface area contributed by atoms with Crippen LogP contribution < -0.4 is 10.6 Å². The number of rotatable bonds is 6. The lowest BCUT2D eigenvalue weighted by Crippen LogP contribution is -2.33. The van der Waals surface area contributed by atoms with Gasteiger partial charge >= 0.3 is 0 Å². The van der Waals surface area contributed by atoms with Crippen molar-refractivity contribution in [3.8, 4) is 0 Å². The van der Waals surface area contributed by atoms with Crippen molar-refractivity contribution in [2.75, 3.05) is 11.9 Å². The molecule has 7 heteroatoms. The molecule has 0 fully saturated rings. The fourth-order valence-electron chi connectivity index (χ4n) is 2.02. The van der Waals surface area contributed by atoms with Gasteiger partial charge in [-0.25, -0.2) is 8.78 Å². The highest BCUT2D eigenvalue weighted by atomic mass is 35.5. The quantitative estimate of drug-likeness (QED) is 0.838. The van der Waals surface area contributed by atoms with Crippen LogP contribution in [0.3, 0.4) is 0 Å². The van der Waals surface area contributed by atoms with Gasteiger partial charge in [-0.1, -0.05) is 17.7 Å². The summed E-state index contributed by atoms with van der Waals surface area (Å²) in [6.45, 7) is -0.235. The van der Waals surface area contributed by atoms with Gasteiger partial charge in [0.15, 0.2) is 0 Å². The molecule has 2 N–H and O–H groups in total. The summed E-state index contributed by atoms with van der Waals surface area (Å²) in [7, 11) is 0. The van der Waals surface area contributed by atoms with Gasteiger partial charge < -0.3 is 10.6 Å². The first-order chi connectivity index (χ1) is 11.5. The van der Waals surface area contributed by atoms with Crippen LogP contribution >= 0.6 is 11.6 Å². The molecule has 2 amide bonds. The molecule has 126 valence electrons. The van der Waals surface area contributed by atoms with E-state index in [4.69, 9.17) is 11.6 Å². The van der Waals surface area contributed by atoms with Crippen molar-refractivity contribution in [1.82, 2.24) is 5.32 Å². The summed E-state index contributed by atoms with van der Waals surface area (Å²) in [6, 6.07) is 10.0. The van der Waals surface area contributed by atoms with Gasteiger partial charge in [0.25, 0.3) is 0 Å². The van der Waals surface area contributed by atoms with Crippen molar-refractivity contribution >= 4 is 29.1 Å². The Labute approximate surface area is 142 Å². The molecular weight excluding hydrogens is 338 g/mol. The van der Waals surface area contributed by atoms with Crippen LogP contribution in [-0.4, -0.2) is 18.4 Å². The average Bonchev–Trinajstić information content (AvgIpc) is 2.54. The van der Waals surface area contributed by atoms with Crippen molar-refractivity contribution in [2.45, 2.75) is 12.8 Å². The van der Waals surface area contributed by atoms with Crippen LogP contribution in [0.2, 0.25) is 5.02 Å². The maximum absolute atomic E-state index is 13.4. The number of hydrogen-bond acceptors (Lipinski definition) is 2. The Balaban J connectivity index is 1.76. The van der Waals surface area contributed by atoms with Crippen molar-refractivity contribution in [3.63, 3.8) is 0 Å². The second-order valence-electron chi connectivity index (χ2n) is 5.03. The summed E-state index contributed by atoms with van der Waals surface area (Å²) in [5.41, 5.74) is 0.408. The first-order valence-electron chi connectivity index (χ1n) is 7.20. The topological polar surface area (TPSA) is 58.2 Å². The Morgan fingerprint density at radius 1 is 0.958 bits per heavy atom. The molecule has 0 aliphatic heterocycles. The molecule has 2 aromatic carbocycles. The van der Waals surface area contributed by atoms with E-state index >= 15 is 0 Å². The fourth-order valence-corrected chi connectivity index (χ4v) is 2.14. The molecule has 0 saturated heterocycles. The first kappa shape index (κ1) is 17.9. The first-order valence-corrected chi connectivity index (χ1v) is 7.58. The molecule has 24 heavy (non-hydrogen) atoms. The smallest absolute Gasteiger partial charge is 0.243 e. The van der Waals surface area contributed by atoms with Gasteiger partial charge in [-0.05, 0) is 42.8 Å². The third kappa shape index (κ3) is 5.31. The monoisotopic (exact) mass is 352 g/mol. The minimum Gasteiger partial charge on any atom is -0.347 e. The normalized spacial score (nSPS) is 10.3. The lowest BCUT2D eigenvalue weighted by atomic mass is 10.1. The van der Waals surface area contributed by atoms with E-state index in [1.54, 1.807) is 24.3 Å². The third-order valence-electron chi connectivity index (χ3n) is 3.24. The second kappa shape index (κ2) is 8.40. The zero-order valence-corrected chi connectivity index (χ0v) is 13.4. The molecular formula is C17H15ClF2N2O2. The fraction of sp³-hybridized carbons (Fsp3) is 0.176. The minimum atomic E-state index is -0.691. The van der Waals surface area contributed by atoms with E-state index in [1.165, 1.54) is 6.07 Å². The van der Waals surface area contributed by atoms with E-state index in [0.717, 1.165) is 12.1 Å². The number of benzene rings is 2. The lowest BCUT2D eigenvalue weighted by Gasteiger charge is -2.08. The van der Waals surface area contributed by atoms with Crippen molar-refractivity contribution in [3.05, 3.63) is 64.7 Å². The molecule has 4 nitrogen and oxygen atoms in total. The maximum Gasteiger partial charge on any atom is 0.243 e. The Kier molecular flexibility index (Phi) is 6.26. The van der Waals surface area contributed by atoms with Crippen molar-refractivity contribution < 1.29 is 18.4 Å². The highest BCUT2D eigenvalue weighted by molar-refractivity contribution is 6.30. The van der Waals surface area contributed by atoms with Crippen LogP contribution in [0.4, 0.5) is 14.5 Å². The molecule has 0 saturated carbocycles. The average molecular weight is 353 g/mol. The Bertz CT molecular complexity index is 716. The van der Waals surface area contributed by atoms with Gasteiger partial charge in [0.05, 0.1) is 6.54 Å². The SMILES string of the molecule is O=C(CCc1c(F)cccc1F)NCC(=O)Nc1ccc(Cl)cc1. The molecule has 0 heterocycles. The van der Waals surface area contributed by atoms with Crippen molar-refractivity contribution in [1.29, 1.82) is 0 Å². The molecule has 0 aliphatic carbocycles. The number of hydrogen-bond donors (Lipinski definition) is 2. The summed E-state index contributed by atoms with van der Waals surface area (Å²) >= 11 is 5.74. The third-order valence-corrected chi connectivity index (χ3v) is 3.49. The summed E-state index contributed by atoms with van der Waals surface area (Å²) in [4.78, 5) is 23.4. The zero-order valence-electron chi connectivity index (χ0n) is 12.6. The minimum absolute atomic E-state index is 0.0802. The van der Waals surface area contributed by atoms with Gasteiger partial charge in [-0.3, -0.25) is 9.59 Å². The Hall–Kier alpha value is -2.47. The van der Waals surface area contributed by atoms with E-state index in [9.17, 15) is 18.4 Å². The number of halogens is 3. The van der Waals surface area contributed by atoms with E-state index in [2.05, 4.69) is 10.6 Å². The molecule has 0 atom stereocenters. The van der Waals surface area contributed by atoms with Crippen LogP contribution in [0.25, 0.3) is 0 Å². The van der Waals surface area contributed by atoms with Crippen LogP contribution in [0.15, 0.2) is 42.5 Å². The maximum atomic E-state index is 13.4. The Morgan fingerprint density at radius 3 is 2.21 bits per heavy atom. The zero-order chi connectivity index (χ0) is 17.5. The molecule has 0 bridgehead atoms. The van der Waals surface area contributed by atoms with E-state index in [1.807, 2.05) is 0 Å². The standard InChI is InChI=1S/C17H15ClF2N2O2/c18-11-4-6-12(7-5-11)22-17(24)10-21-16(23)9-8-13-14(19)2-1-3-15(13)20/h1-7H,8-10H2,(H,21,23)(H,22,24). The van der Waals surface area contributed by atoms with Crippen LogP contribution in [0, 0.1) is 11.6 Å². The van der Waals surface area contributed by atoms with Crippen LogP contribution in [0.5, 0.6) is 0 Å². The molecule has 0 spiro atoms. The van der Waals surface area contributed by atoms with Gasteiger partial charge in [-0.15, -0.1) is 0 Å². The number of amides is 2. The van der Waals surface area contributed by atoms with Crippen molar-refractivity contribution in [2.24, 2.45) is 0 Å².